The molecule has 0 saturated carbocycles. The fourth-order valence-corrected chi connectivity index (χ4v) is 3.56. The number of halogens is 3. The first-order valence-corrected chi connectivity index (χ1v) is 10.5. The molecule has 2 N–H and O–H groups in total. The number of aliphatic hydroxyl groups is 1. The van der Waals surface area contributed by atoms with E-state index in [1.165, 1.54) is 12.1 Å². The van der Waals surface area contributed by atoms with Gasteiger partial charge in [0, 0.05) is 38.4 Å². The van der Waals surface area contributed by atoms with Crippen molar-refractivity contribution in [2.75, 3.05) is 51.2 Å². The van der Waals surface area contributed by atoms with Gasteiger partial charge in [-0.25, -0.2) is 0 Å². The van der Waals surface area contributed by atoms with Crippen molar-refractivity contribution >= 4 is 11.6 Å². The summed E-state index contributed by atoms with van der Waals surface area (Å²) in [5.74, 6) is 0.396. The Morgan fingerprint density at radius 1 is 1.09 bits per heavy atom. The van der Waals surface area contributed by atoms with E-state index in [1.54, 1.807) is 0 Å². The highest BCUT2D eigenvalue weighted by atomic mass is 19.4. The summed E-state index contributed by atoms with van der Waals surface area (Å²) in [6.45, 7) is 5.33. The van der Waals surface area contributed by atoms with Gasteiger partial charge in [0.1, 0.15) is 18.5 Å². The van der Waals surface area contributed by atoms with E-state index in [0.29, 0.717) is 32.7 Å². The van der Waals surface area contributed by atoms with Crippen LogP contribution in [0.25, 0.3) is 0 Å². The van der Waals surface area contributed by atoms with E-state index in [2.05, 4.69) is 10.2 Å². The molecule has 0 aromatic heterocycles. The molecule has 32 heavy (non-hydrogen) atoms. The van der Waals surface area contributed by atoms with E-state index in [9.17, 15) is 23.1 Å². The number of benzene rings is 2. The maximum absolute atomic E-state index is 12.8. The largest absolute Gasteiger partial charge is 0.491 e. The van der Waals surface area contributed by atoms with Gasteiger partial charge in [-0.2, -0.15) is 13.2 Å². The molecule has 0 aliphatic carbocycles. The molecule has 1 atom stereocenters. The van der Waals surface area contributed by atoms with E-state index in [4.69, 9.17) is 4.74 Å². The predicted molar refractivity (Wildman–Crippen MR) is 116 cm³/mol. The van der Waals surface area contributed by atoms with Crippen LogP contribution in [0.4, 0.5) is 18.9 Å². The summed E-state index contributed by atoms with van der Waals surface area (Å²) in [7, 11) is 0. The zero-order valence-corrected chi connectivity index (χ0v) is 17.9. The summed E-state index contributed by atoms with van der Waals surface area (Å²) in [6.07, 6.45) is -5.09. The standard InChI is InChI=1S/C23H28F3N3O3/c1-17-5-2-3-8-21(17)32-16-20(30)14-28-9-11-29(12-10-28)15-22(31)27-19-7-4-6-18(13-19)23(24,25)26/h2-8,13,20,30H,9-12,14-16H2,1H3,(H,27,31). The van der Waals surface area contributed by atoms with Crippen molar-refractivity contribution < 1.29 is 27.8 Å². The number of piperazine rings is 1. The molecule has 0 bridgehead atoms. The van der Waals surface area contributed by atoms with Gasteiger partial charge < -0.3 is 15.2 Å². The van der Waals surface area contributed by atoms with Crippen molar-refractivity contribution in [3.8, 4) is 5.75 Å². The molecule has 1 aliphatic rings. The molecule has 1 heterocycles. The lowest BCUT2D eigenvalue weighted by molar-refractivity contribution is -0.137. The SMILES string of the molecule is Cc1ccccc1OCC(O)CN1CCN(CC(=O)Nc2cccc(C(F)(F)F)c2)CC1. The third-order valence-corrected chi connectivity index (χ3v) is 5.30. The summed E-state index contributed by atoms with van der Waals surface area (Å²) >= 11 is 0. The molecule has 1 amide bonds. The van der Waals surface area contributed by atoms with Crippen LogP contribution >= 0.6 is 0 Å². The lowest BCUT2D eigenvalue weighted by Crippen LogP contribution is -2.50. The average molecular weight is 451 g/mol. The maximum atomic E-state index is 12.8. The Hall–Kier alpha value is -2.62. The number of carbonyl (C=O) groups excluding carboxylic acids is 1. The monoisotopic (exact) mass is 451 g/mol. The van der Waals surface area contributed by atoms with Gasteiger partial charge in [-0.05, 0) is 36.8 Å². The number of carbonyl (C=O) groups is 1. The number of rotatable bonds is 8. The molecule has 1 saturated heterocycles. The molecule has 0 radical (unpaired) electrons. The summed E-state index contributed by atoms with van der Waals surface area (Å²) < 4.78 is 44.1. The predicted octanol–water partition coefficient (Wildman–Crippen LogP) is 3.01. The number of nitrogens with zero attached hydrogens (tertiary/aromatic N) is 2. The first-order valence-electron chi connectivity index (χ1n) is 10.5. The number of anilines is 1. The second kappa shape index (κ2) is 10.8. The minimum absolute atomic E-state index is 0.100. The normalized spacial score (nSPS) is 16.5. The second-order valence-electron chi connectivity index (χ2n) is 7.93. The Bertz CT molecular complexity index is 899. The summed E-state index contributed by atoms with van der Waals surface area (Å²) in [5, 5.41) is 12.8. The average Bonchev–Trinajstić information content (AvgIpc) is 2.74. The Morgan fingerprint density at radius 3 is 2.47 bits per heavy atom. The Kier molecular flexibility index (Phi) is 8.11. The fourth-order valence-electron chi connectivity index (χ4n) is 3.56. The van der Waals surface area contributed by atoms with E-state index < -0.39 is 17.8 Å². The number of alkyl halides is 3. The molecule has 2 aromatic carbocycles. The Labute approximate surface area is 185 Å². The number of hydrogen-bond acceptors (Lipinski definition) is 5. The molecular weight excluding hydrogens is 423 g/mol. The zero-order chi connectivity index (χ0) is 23.1. The number of ether oxygens (including phenoxy) is 1. The van der Waals surface area contributed by atoms with Gasteiger partial charge in [0.15, 0.2) is 0 Å². The lowest BCUT2D eigenvalue weighted by Gasteiger charge is -2.35. The third-order valence-electron chi connectivity index (χ3n) is 5.30. The van der Waals surface area contributed by atoms with Crippen molar-refractivity contribution in [1.82, 2.24) is 9.80 Å². The first kappa shape index (κ1) is 24.0. The van der Waals surface area contributed by atoms with Crippen molar-refractivity contribution in [3.05, 3.63) is 59.7 Å². The van der Waals surface area contributed by atoms with E-state index in [-0.39, 0.29) is 24.7 Å². The van der Waals surface area contributed by atoms with Crippen molar-refractivity contribution in [3.63, 3.8) is 0 Å². The number of hydrogen-bond donors (Lipinski definition) is 2. The van der Waals surface area contributed by atoms with Crippen LogP contribution in [0, 0.1) is 6.92 Å². The number of amides is 1. The van der Waals surface area contributed by atoms with Crippen LogP contribution in [0.15, 0.2) is 48.5 Å². The van der Waals surface area contributed by atoms with Crippen molar-refractivity contribution in [2.45, 2.75) is 19.2 Å². The highest BCUT2D eigenvalue weighted by molar-refractivity contribution is 5.92. The van der Waals surface area contributed by atoms with E-state index >= 15 is 0 Å². The molecule has 174 valence electrons. The van der Waals surface area contributed by atoms with Gasteiger partial charge in [0.05, 0.1) is 12.1 Å². The van der Waals surface area contributed by atoms with Crippen LogP contribution in [0.1, 0.15) is 11.1 Å². The van der Waals surface area contributed by atoms with Gasteiger partial charge in [0.25, 0.3) is 0 Å². The highest BCUT2D eigenvalue weighted by Gasteiger charge is 2.30. The van der Waals surface area contributed by atoms with Gasteiger partial charge in [0.2, 0.25) is 5.91 Å². The fraction of sp³-hybridized carbons (Fsp3) is 0.435. The van der Waals surface area contributed by atoms with E-state index in [0.717, 1.165) is 23.4 Å². The maximum Gasteiger partial charge on any atom is 0.416 e. The van der Waals surface area contributed by atoms with Crippen LogP contribution in [0.2, 0.25) is 0 Å². The smallest absolute Gasteiger partial charge is 0.416 e. The minimum atomic E-state index is -4.45. The summed E-state index contributed by atoms with van der Waals surface area (Å²) in [4.78, 5) is 16.3. The molecule has 6 nitrogen and oxygen atoms in total. The topological polar surface area (TPSA) is 65.0 Å². The molecule has 1 fully saturated rings. The zero-order valence-electron chi connectivity index (χ0n) is 17.9. The molecule has 9 heteroatoms. The summed E-state index contributed by atoms with van der Waals surface area (Å²) in [6, 6.07) is 12.2. The number of aryl methyl sites for hydroxylation is 1. The molecule has 0 spiro atoms. The number of nitrogens with one attached hydrogen (secondary N) is 1. The number of β-amino-alcohol motifs (C(OH)–C–C–N with tert-alkyl or cyclic N) is 1. The van der Waals surface area contributed by atoms with Crippen LogP contribution in [0.3, 0.4) is 0 Å². The lowest BCUT2D eigenvalue weighted by atomic mass is 10.2. The van der Waals surface area contributed by atoms with Gasteiger partial charge >= 0.3 is 6.18 Å². The van der Waals surface area contributed by atoms with Crippen LogP contribution in [-0.4, -0.2) is 72.8 Å². The Balaban J connectivity index is 1.38. The first-order chi connectivity index (χ1) is 15.2. The van der Waals surface area contributed by atoms with Gasteiger partial charge in [-0.1, -0.05) is 24.3 Å². The third kappa shape index (κ3) is 7.22. The second-order valence-corrected chi connectivity index (χ2v) is 7.93. The number of para-hydroxylation sites is 1. The molecule has 1 unspecified atom stereocenters. The van der Waals surface area contributed by atoms with Crippen LogP contribution < -0.4 is 10.1 Å². The molecule has 1 aliphatic heterocycles. The highest BCUT2D eigenvalue weighted by Crippen LogP contribution is 2.30. The molecular formula is C23H28F3N3O3. The van der Waals surface area contributed by atoms with Gasteiger partial charge in [-0.3, -0.25) is 14.6 Å². The van der Waals surface area contributed by atoms with Crippen LogP contribution in [-0.2, 0) is 11.0 Å². The van der Waals surface area contributed by atoms with E-state index in [1.807, 2.05) is 36.1 Å². The molecule has 2 aromatic rings. The summed E-state index contributed by atoms with van der Waals surface area (Å²) in [5.41, 5.74) is 0.339. The quantitative estimate of drug-likeness (QED) is 0.646. The molecule has 3 rings (SSSR count). The minimum Gasteiger partial charge on any atom is -0.491 e. The van der Waals surface area contributed by atoms with Crippen molar-refractivity contribution in [2.24, 2.45) is 0 Å². The number of aliphatic hydroxyl groups excluding tert-OH is 1. The van der Waals surface area contributed by atoms with Gasteiger partial charge in [-0.15, -0.1) is 0 Å². The Morgan fingerprint density at radius 2 is 1.78 bits per heavy atom. The van der Waals surface area contributed by atoms with Crippen molar-refractivity contribution in [1.29, 1.82) is 0 Å². The van der Waals surface area contributed by atoms with Crippen LogP contribution in [0.5, 0.6) is 5.75 Å².